The van der Waals surface area contributed by atoms with Gasteiger partial charge in [-0.3, -0.25) is 4.79 Å². The molecule has 0 fully saturated rings. The van der Waals surface area contributed by atoms with Crippen LogP contribution in [-0.4, -0.2) is 42.1 Å². The quantitative estimate of drug-likeness (QED) is 0.486. The Hall–Kier alpha value is -2.90. The molecule has 0 aliphatic rings. The fourth-order valence-electron chi connectivity index (χ4n) is 2.87. The van der Waals surface area contributed by atoms with E-state index in [1.54, 1.807) is 7.11 Å². The van der Waals surface area contributed by atoms with Crippen LogP contribution in [-0.2, 0) is 0 Å². The monoisotopic (exact) mass is 367 g/mol. The second-order valence-corrected chi connectivity index (χ2v) is 6.45. The SMILES string of the molecule is COc1ccc(-c2ccc3[nH]c(C(=O)NC[C@@H](N)CCCN)nc3c2)cc1. The molecule has 0 radical (unpaired) electrons. The van der Waals surface area contributed by atoms with E-state index in [9.17, 15) is 4.79 Å². The number of ether oxygens (including phenoxy) is 1. The van der Waals surface area contributed by atoms with Crippen molar-refractivity contribution in [3.63, 3.8) is 0 Å². The van der Waals surface area contributed by atoms with Crippen molar-refractivity contribution in [3.05, 3.63) is 48.3 Å². The first-order valence-corrected chi connectivity index (χ1v) is 8.98. The molecule has 0 unspecified atom stereocenters. The van der Waals surface area contributed by atoms with Crippen molar-refractivity contribution in [2.45, 2.75) is 18.9 Å². The highest BCUT2D eigenvalue weighted by Gasteiger charge is 2.13. The third-order valence-electron chi connectivity index (χ3n) is 4.43. The maximum atomic E-state index is 12.3. The van der Waals surface area contributed by atoms with Gasteiger partial charge in [0.25, 0.3) is 5.91 Å². The molecule has 3 aromatic rings. The highest BCUT2D eigenvalue weighted by atomic mass is 16.5. The summed E-state index contributed by atoms with van der Waals surface area (Å²) in [6.07, 6.45) is 1.62. The molecule has 0 aliphatic heterocycles. The lowest BCUT2D eigenvalue weighted by atomic mass is 10.1. The van der Waals surface area contributed by atoms with Gasteiger partial charge in [-0.25, -0.2) is 4.98 Å². The number of nitrogens with zero attached hydrogens (tertiary/aromatic N) is 1. The van der Waals surface area contributed by atoms with Crippen molar-refractivity contribution >= 4 is 16.9 Å². The molecule has 0 saturated heterocycles. The minimum atomic E-state index is -0.264. The van der Waals surface area contributed by atoms with Gasteiger partial charge in [0, 0.05) is 12.6 Å². The van der Waals surface area contributed by atoms with Crippen molar-refractivity contribution < 1.29 is 9.53 Å². The van der Waals surface area contributed by atoms with Crippen LogP contribution in [0.25, 0.3) is 22.2 Å². The first kappa shape index (κ1) is 18.9. The molecule has 1 amide bonds. The van der Waals surface area contributed by atoms with Crippen LogP contribution in [0.2, 0.25) is 0 Å². The van der Waals surface area contributed by atoms with Crippen LogP contribution in [0.3, 0.4) is 0 Å². The van der Waals surface area contributed by atoms with E-state index in [0.717, 1.165) is 40.8 Å². The number of carbonyl (C=O) groups is 1. The second-order valence-electron chi connectivity index (χ2n) is 6.45. The molecule has 3 rings (SSSR count). The molecule has 7 nitrogen and oxygen atoms in total. The number of carbonyl (C=O) groups excluding carboxylic acids is 1. The fourth-order valence-corrected chi connectivity index (χ4v) is 2.87. The van der Waals surface area contributed by atoms with Gasteiger partial charge < -0.3 is 26.5 Å². The topological polar surface area (TPSA) is 119 Å². The number of fused-ring (bicyclic) bond motifs is 1. The predicted octanol–water partition coefficient (Wildman–Crippen LogP) is 2.03. The summed E-state index contributed by atoms with van der Waals surface area (Å²) in [6.45, 7) is 0.995. The van der Waals surface area contributed by atoms with E-state index in [0.29, 0.717) is 13.1 Å². The number of hydrogen-bond acceptors (Lipinski definition) is 5. The minimum Gasteiger partial charge on any atom is -0.497 e. The zero-order valence-corrected chi connectivity index (χ0v) is 15.4. The van der Waals surface area contributed by atoms with Gasteiger partial charge in [-0.15, -0.1) is 0 Å². The average molecular weight is 367 g/mol. The molecule has 7 heteroatoms. The molecular weight excluding hydrogens is 342 g/mol. The number of hydrogen-bond donors (Lipinski definition) is 4. The third-order valence-corrected chi connectivity index (χ3v) is 4.43. The highest BCUT2D eigenvalue weighted by molar-refractivity contribution is 5.94. The Labute approximate surface area is 158 Å². The van der Waals surface area contributed by atoms with E-state index in [1.165, 1.54) is 0 Å². The number of aromatic nitrogens is 2. The smallest absolute Gasteiger partial charge is 0.287 e. The Morgan fingerprint density at radius 3 is 2.67 bits per heavy atom. The summed E-state index contributed by atoms with van der Waals surface area (Å²) in [6, 6.07) is 13.6. The van der Waals surface area contributed by atoms with E-state index in [4.69, 9.17) is 16.2 Å². The summed E-state index contributed by atoms with van der Waals surface area (Å²) in [5, 5.41) is 2.82. The van der Waals surface area contributed by atoms with Gasteiger partial charge in [-0.2, -0.15) is 0 Å². The van der Waals surface area contributed by atoms with E-state index >= 15 is 0 Å². The number of amides is 1. The fraction of sp³-hybridized carbons (Fsp3) is 0.300. The Kier molecular flexibility index (Phi) is 6.05. The third kappa shape index (κ3) is 4.64. The summed E-state index contributed by atoms with van der Waals surface area (Å²) in [4.78, 5) is 19.8. The van der Waals surface area contributed by atoms with Crippen LogP contribution in [0.1, 0.15) is 23.5 Å². The first-order valence-electron chi connectivity index (χ1n) is 8.98. The van der Waals surface area contributed by atoms with Gasteiger partial charge in [-0.05, 0) is 54.8 Å². The van der Waals surface area contributed by atoms with E-state index in [1.807, 2.05) is 42.5 Å². The zero-order valence-electron chi connectivity index (χ0n) is 15.4. The first-order chi connectivity index (χ1) is 13.1. The maximum Gasteiger partial charge on any atom is 0.287 e. The largest absolute Gasteiger partial charge is 0.497 e. The van der Waals surface area contributed by atoms with Crippen molar-refractivity contribution in [1.29, 1.82) is 0 Å². The lowest BCUT2D eigenvalue weighted by Crippen LogP contribution is -2.37. The zero-order chi connectivity index (χ0) is 19.2. The van der Waals surface area contributed by atoms with Gasteiger partial charge in [0.15, 0.2) is 5.82 Å². The minimum absolute atomic E-state index is 0.108. The number of nitrogens with one attached hydrogen (secondary N) is 2. The summed E-state index contributed by atoms with van der Waals surface area (Å²) in [5.74, 6) is 0.825. The normalized spacial score (nSPS) is 12.1. The van der Waals surface area contributed by atoms with Crippen LogP contribution in [0.4, 0.5) is 0 Å². The number of methoxy groups -OCH3 is 1. The number of H-pyrrole nitrogens is 1. The molecule has 27 heavy (non-hydrogen) atoms. The Morgan fingerprint density at radius 1 is 1.22 bits per heavy atom. The Morgan fingerprint density at radius 2 is 1.96 bits per heavy atom. The summed E-state index contributed by atoms with van der Waals surface area (Å²) in [7, 11) is 1.64. The summed E-state index contributed by atoms with van der Waals surface area (Å²) < 4.78 is 5.19. The summed E-state index contributed by atoms with van der Waals surface area (Å²) >= 11 is 0. The van der Waals surface area contributed by atoms with Crippen LogP contribution < -0.4 is 21.5 Å². The van der Waals surface area contributed by atoms with E-state index in [-0.39, 0.29) is 17.8 Å². The van der Waals surface area contributed by atoms with Gasteiger partial charge in [-0.1, -0.05) is 18.2 Å². The Balaban J connectivity index is 1.72. The van der Waals surface area contributed by atoms with Gasteiger partial charge in [0.1, 0.15) is 5.75 Å². The second kappa shape index (κ2) is 8.66. The lowest BCUT2D eigenvalue weighted by Gasteiger charge is -2.11. The number of aromatic amines is 1. The predicted molar refractivity (Wildman–Crippen MR) is 107 cm³/mol. The van der Waals surface area contributed by atoms with Crippen molar-refractivity contribution in [2.24, 2.45) is 11.5 Å². The van der Waals surface area contributed by atoms with Crippen LogP contribution in [0.15, 0.2) is 42.5 Å². The number of nitrogens with two attached hydrogens (primary N) is 2. The molecule has 0 aliphatic carbocycles. The van der Waals surface area contributed by atoms with Crippen LogP contribution in [0.5, 0.6) is 5.75 Å². The van der Waals surface area contributed by atoms with Crippen LogP contribution in [0, 0.1) is 0 Å². The molecule has 0 saturated carbocycles. The molecule has 2 aromatic carbocycles. The molecule has 1 atom stereocenters. The number of benzene rings is 2. The van der Waals surface area contributed by atoms with Gasteiger partial charge >= 0.3 is 0 Å². The maximum absolute atomic E-state index is 12.3. The van der Waals surface area contributed by atoms with Crippen molar-refractivity contribution in [1.82, 2.24) is 15.3 Å². The standard InChI is InChI=1S/C20H25N5O2/c1-27-16-7-4-13(5-8-16)14-6-9-17-18(11-14)25-19(24-17)20(26)23-12-15(22)3-2-10-21/h4-9,11,15H,2-3,10,12,21-22H2,1H3,(H,23,26)(H,24,25)/t15-/m0/s1. The van der Waals surface area contributed by atoms with Crippen molar-refractivity contribution in [2.75, 3.05) is 20.2 Å². The average Bonchev–Trinajstić information content (AvgIpc) is 3.14. The lowest BCUT2D eigenvalue weighted by molar-refractivity contribution is 0.0941. The van der Waals surface area contributed by atoms with Gasteiger partial charge in [0.2, 0.25) is 0 Å². The molecular formula is C20H25N5O2. The number of imidazole rings is 1. The highest BCUT2D eigenvalue weighted by Crippen LogP contribution is 2.25. The molecule has 6 N–H and O–H groups in total. The molecule has 142 valence electrons. The van der Waals surface area contributed by atoms with Crippen LogP contribution >= 0.6 is 0 Å². The van der Waals surface area contributed by atoms with Crippen molar-refractivity contribution in [3.8, 4) is 16.9 Å². The van der Waals surface area contributed by atoms with E-state index in [2.05, 4.69) is 15.3 Å². The molecule has 1 aromatic heterocycles. The molecule has 0 bridgehead atoms. The molecule has 0 spiro atoms. The van der Waals surface area contributed by atoms with Gasteiger partial charge in [0.05, 0.1) is 18.1 Å². The van der Waals surface area contributed by atoms with E-state index < -0.39 is 0 Å². The molecule has 1 heterocycles. The summed E-state index contributed by atoms with van der Waals surface area (Å²) in [5.41, 5.74) is 15.0. The Bertz CT molecular complexity index is 904. The number of rotatable bonds is 8.